The topological polar surface area (TPSA) is 32.3 Å². The molecule has 0 saturated carbocycles. The van der Waals surface area contributed by atoms with Gasteiger partial charge < -0.3 is 10.4 Å². The second kappa shape index (κ2) is 7.73. The van der Waals surface area contributed by atoms with Crippen molar-refractivity contribution in [2.45, 2.75) is 42.9 Å². The summed E-state index contributed by atoms with van der Waals surface area (Å²) in [6.07, 6.45) is 6.07. The average molecular weight is 277 g/mol. The van der Waals surface area contributed by atoms with Crippen LogP contribution in [0, 0.1) is 0 Å². The van der Waals surface area contributed by atoms with Crippen LogP contribution in [0.2, 0.25) is 0 Å². The van der Waals surface area contributed by atoms with Crippen LogP contribution in [0.15, 0.2) is 42.5 Å². The van der Waals surface area contributed by atoms with Crippen LogP contribution >= 0.6 is 11.8 Å². The molecule has 0 fully saturated rings. The van der Waals surface area contributed by atoms with Crippen molar-refractivity contribution in [1.82, 2.24) is 5.32 Å². The highest BCUT2D eigenvalue weighted by Gasteiger charge is 2.29. The molecule has 2 rings (SSSR count). The van der Waals surface area contributed by atoms with E-state index in [2.05, 4.69) is 42.6 Å². The molecule has 3 heteroatoms. The van der Waals surface area contributed by atoms with Gasteiger partial charge >= 0.3 is 0 Å². The zero-order valence-corrected chi connectivity index (χ0v) is 12.3. The Labute approximate surface area is 120 Å². The molecule has 0 unspecified atom stereocenters. The highest BCUT2D eigenvalue weighted by atomic mass is 32.2. The van der Waals surface area contributed by atoms with E-state index in [-0.39, 0.29) is 12.1 Å². The molecule has 0 saturated heterocycles. The van der Waals surface area contributed by atoms with Crippen molar-refractivity contribution in [2.75, 3.05) is 6.54 Å². The summed E-state index contributed by atoms with van der Waals surface area (Å²) in [5, 5.41) is 13.8. The van der Waals surface area contributed by atoms with Gasteiger partial charge in [-0.1, -0.05) is 55.8 Å². The molecule has 0 amide bonds. The van der Waals surface area contributed by atoms with Gasteiger partial charge in [0.1, 0.15) is 0 Å². The van der Waals surface area contributed by atoms with E-state index in [1.807, 2.05) is 23.9 Å². The van der Waals surface area contributed by atoms with E-state index in [1.54, 1.807) is 0 Å². The second-order valence-electron chi connectivity index (χ2n) is 4.97. The highest BCUT2D eigenvalue weighted by Crippen LogP contribution is 2.27. The summed E-state index contributed by atoms with van der Waals surface area (Å²) in [5.41, 5.74) is 1.34. The molecule has 19 heavy (non-hydrogen) atoms. The molecule has 0 heterocycles. The number of unbranched alkanes of at least 4 members (excludes halogenated alkanes) is 1. The molecule has 1 aromatic rings. The van der Waals surface area contributed by atoms with Gasteiger partial charge in [-0.3, -0.25) is 0 Å². The summed E-state index contributed by atoms with van der Waals surface area (Å²) in [5.74, 6) is 0.995. The van der Waals surface area contributed by atoms with E-state index < -0.39 is 0 Å². The first-order valence-electron chi connectivity index (χ1n) is 7.06. The maximum absolute atomic E-state index is 9.99. The van der Waals surface area contributed by atoms with Gasteiger partial charge in [-0.2, -0.15) is 0 Å². The quantitative estimate of drug-likeness (QED) is 0.593. The predicted octanol–water partition coefficient (Wildman–Crippen LogP) is 2.98. The van der Waals surface area contributed by atoms with Crippen LogP contribution in [0.1, 0.15) is 25.3 Å². The van der Waals surface area contributed by atoms with Crippen LogP contribution in [0.4, 0.5) is 0 Å². The van der Waals surface area contributed by atoms with Crippen molar-refractivity contribution >= 4 is 11.8 Å². The number of hydrogen-bond acceptors (Lipinski definition) is 3. The predicted molar refractivity (Wildman–Crippen MR) is 83.4 cm³/mol. The lowest BCUT2D eigenvalue weighted by Gasteiger charge is -2.23. The maximum atomic E-state index is 9.99. The monoisotopic (exact) mass is 277 g/mol. The van der Waals surface area contributed by atoms with Gasteiger partial charge in [-0.25, -0.2) is 0 Å². The number of rotatable bonds is 7. The standard InChI is InChI=1S/C16H23NOS/c1-2-3-11-17-16-14(18)9-10-15(16)19-12-13-7-5-4-6-8-13/h4-10,14-18H,2-3,11-12H2,1H3/t14-,15+,16+/m0/s1. The molecule has 2 nitrogen and oxygen atoms in total. The first-order chi connectivity index (χ1) is 9.31. The smallest absolute Gasteiger partial charge is 0.0888 e. The zero-order valence-electron chi connectivity index (χ0n) is 11.5. The third-order valence-corrected chi connectivity index (χ3v) is 4.75. The summed E-state index contributed by atoms with van der Waals surface area (Å²) >= 11 is 1.90. The first-order valence-corrected chi connectivity index (χ1v) is 8.11. The van der Waals surface area contributed by atoms with E-state index in [4.69, 9.17) is 0 Å². The van der Waals surface area contributed by atoms with E-state index in [0.717, 1.165) is 12.3 Å². The first kappa shape index (κ1) is 14.6. The van der Waals surface area contributed by atoms with Crippen LogP contribution in [0.25, 0.3) is 0 Å². The molecule has 0 bridgehead atoms. The maximum Gasteiger partial charge on any atom is 0.0888 e. The van der Waals surface area contributed by atoms with Crippen molar-refractivity contribution in [3.8, 4) is 0 Å². The summed E-state index contributed by atoms with van der Waals surface area (Å²) < 4.78 is 0. The summed E-state index contributed by atoms with van der Waals surface area (Å²) in [6.45, 7) is 3.18. The Bertz CT molecular complexity index is 393. The molecule has 1 aromatic carbocycles. The van der Waals surface area contributed by atoms with Crippen LogP contribution in [0.5, 0.6) is 0 Å². The van der Waals surface area contributed by atoms with E-state index >= 15 is 0 Å². The fourth-order valence-corrected chi connectivity index (χ4v) is 3.51. The fourth-order valence-electron chi connectivity index (χ4n) is 2.27. The Kier molecular flexibility index (Phi) is 5.95. The van der Waals surface area contributed by atoms with Gasteiger partial charge in [-0.05, 0) is 18.5 Å². The molecule has 0 aromatic heterocycles. The number of benzene rings is 1. The molecule has 0 aliphatic heterocycles. The minimum atomic E-state index is -0.342. The van der Waals surface area contributed by atoms with Crippen LogP contribution in [-0.2, 0) is 5.75 Å². The van der Waals surface area contributed by atoms with Gasteiger partial charge in [-0.15, -0.1) is 11.8 Å². The molecule has 2 N–H and O–H groups in total. The lowest BCUT2D eigenvalue weighted by atomic mass is 10.2. The molecule has 104 valence electrons. The van der Waals surface area contributed by atoms with Gasteiger partial charge in [0.05, 0.1) is 12.1 Å². The minimum absolute atomic E-state index is 0.167. The van der Waals surface area contributed by atoms with Crippen LogP contribution in [0.3, 0.4) is 0 Å². The van der Waals surface area contributed by atoms with E-state index in [9.17, 15) is 5.11 Å². The molecular weight excluding hydrogens is 254 g/mol. The number of thioether (sulfide) groups is 1. The van der Waals surface area contributed by atoms with Crippen molar-refractivity contribution in [1.29, 1.82) is 0 Å². The highest BCUT2D eigenvalue weighted by molar-refractivity contribution is 7.99. The Morgan fingerprint density at radius 1 is 1.21 bits per heavy atom. The largest absolute Gasteiger partial charge is 0.387 e. The molecule has 1 aliphatic carbocycles. The normalized spacial score (nSPS) is 25.9. The number of aliphatic hydroxyl groups is 1. The number of nitrogens with one attached hydrogen (secondary N) is 1. The Morgan fingerprint density at radius 3 is 2.74 bits per heavy atom. The van der Waals surface area contributed by atoms with E-state index in [1.165, 1.54) is 18.4 Å². The Balaban J connectivity index is 1.82. The molecular formula is C16H23NOS. The summed E-state index contributed by atoms with van der Waals surface area (Å²) in [6, 6.07) is 10.7. The van der Waals surface area contributed by atoms with E-state index in [0.29, 0.717) is 5.25 Å². The average Bonchev–Trinajstić information content (AvgIpc) is 2.79. The third-order valence-electron chi connectivity index (χ3n) is 3.42. The van der Waals surface area contributed by atoms with Crippen molar-refractivity contribution in [2.24, 2.45) is 0 Å². The SMILES string of the molecule is CCCCN[C@@H]1[C@@H](O)C=C[C@H]1SCc1ccccc1. The Morgan fingerprint density at radius 2 is 2.00 bits per heavy atom. The second-order valence-corrected chi connectivity index (χ2v) is 6.14. The van der Waals surface area contributed by atoms with Crippen LogP contribution < -0.4 is 5.32 Å². The van der Waals surface area contributed by atoms with Gasteiger partial charge in [0.2, 0.25) is 0 Å². The van der Waals surface area contributed by atoms with Crippen molar-refractivity contribution in [3.63, 3.8) is 0 Å². The van der Waals surface area contributed by atoms with Crippen molar-refractivity contribution in [3.05, 3.63) is 48.0 Å². The Hall–Kier alpha value is -0.770. The molecule has 1 aliphatic rings. The third kappa shape index (κ3) is 4.37. The molecule has 3 atom stereocenters. The number of hydrogen-bond donors (Lipinski definition) is 2. The van der Waals surface area contributed by atoms with Gasteiger partial charge in [0.25, 0.3) is 0 Å². The molecule has 0 spiro atoms. The van der Waals surface area contributed by atoms with Crippen LogP contribution in [-0.4, -0.2) is 29.0 Å². The van der Waals surface area contributed by atoms with Crippen molar-refractivity contribution < 1.29 is 5.11 Å². The lowest BCUT2D eigenvalue weighted by molar-refractivity contribution is 0.184. The summed E-state index contributed by atoms with van der Waals surface area (Å²) in [4.78, 5) is 0. The molecule has 0 radical (unpaired) electrons. The van der Waals surface area contributed by atoms with Gasteiger partial charge in [0.15, 0.2) is 0 Å². The fraction of sp³-hybridized carbons (Fsp3) is 0.500. The lowest BCUT2D eigenvalue weighted by Crippen LogP contribution is -2.42. The zero-order chi connectivity index (χ0) is 13.5. The summed E-state index contributed by atoms with van der Waals surface area (Å²) in [7, 11) is 0. The van der Waals surface area contributed by atoms with Gasteiger partial charge in [0, 0.05) is 11.0 Å². The number of aliphatic hydroxyl groups excluding tert-OH is 1. The minimum Gasteiger partial charge on any atom is -0.387 e.